The fourth-order valence-corrected chi connectivity index (χ4v) is 1.79. The highest BCUT2D eigenvalue weighted by Crippen LogP contribution is 2.20. The van der Waals surface area contributed by atoms with Crippen LogP contribution in [0.5, 0.6) is 0 Å². The summed E-state index contributed by atoms with van der Waals surface area (Å²) >= 11 is 5.97. The number of nitrogens with one attached hydrogen (secondary N) is 1. The summed E-state index contributed by atoms with van der Waals surface area (Å²) in [6.45, 7) is 6.73. The smallest absolute Gasteiger partial charge is 0.0949 e. The van der Waals surface area contributed by atoms with Crippen LogP contribution in [0.15, 0.2) is 24.3 Å². The van der Waals surface area contributed by atoms with Crippen molar-refractivity contribution in [3.05, 3.63) is 34.9 Å². The summed E-state index contributed by atoms with van der Waals surface area (Å²) in [6, 6.07) is 7.87. The molecule has 0 bridgehead atoms. The quantitative estimate of drug-likeness (QED) is 0.739. The number of halogens is 1. The predicted molar refractivity (Wildman–Crippen MR) is 69.0 cm³/mol. The van der Waals surface area contributed by atoms with Crippen LogP contribution >= 0.6 is 11.6 Å². The minimum Gasteiger partial charge on any atom is -0.372 e. The van der Waals surface area contributed by atoms with Gasteiger partial charge >= 0.3 is 0 Å². The highest BCUT2D eigenvalue weighted by atomic mass is 35.5. The Morgan fingerprint density at radius 3 is 2.81 bits per heavy atom. The molecule has 1 unspecified atom stereocenters. The first-order chi connectivity index (χ1) is 7.77. The van der Waals surface area contributed by atoms with Gasteiger partial charge in [0, 0.05) is 18.2 Å². The molecule has 0 spiro atoms. The number of ether oxygens (including phenoxy) is 1. The SMILES string of the molecule is CCCNCC(OCC)c1cccc(Cl)c1. The molecule has 2 nitrogen and oxygen atoms in total. The van der Waals surface area contributed by atoms with Crippen molar-refractivity contribution < 1.29 is 4.74 Å². The third-order valence-electron chi connectivity index (χ3n) is 2.34. The summed E-state index contributed by atoms with van der Waals surface area (Å²) in [5.41, 5.74) is 1.14. The van der Waals surface area contributed by atoms with Crippen LogP contribution in [0.4, 0.5) is 0 Å². The molecule has 1 aromatic carbocycles. The molecule has 1 N–H and O–H groups in total. The number of rotatable bonds is 7. The van der Waals surface area contributed by atoms with E-state index in [0.29, 0.717) is 6.61 Å². The van der Waals surface area contributed by atoms with Gasteiger partial charge < -0.3 is 10.1 Å². The van der Waals surface area contributed by atoms with E-state index in [4.69, 9.17) is 16.3 Å². The Labute approximate surface area is 103 Å². The van der Waals surface area contributed by atoms with Gasteiger partial charge in [-0.05, 0) is 37.6 Å². The molecule has 0 fully saturated rings. The molecular formula is C13H20ClNO. The van der Waals surface area contributed by atoms with Crippen molar-refractivity contribution in [1.29, 1.82) is 0 Å². The van der Waals surface area contributed by atoms with Crippen LogP contribution in [-0.2, 0) is 4.74 Å². The third-order valence-corrected chi connectivity index (χ3v) is 2.58. The minimum atomic E-state index is 0.0928. The maximum absolute atomic E-state index is 5.97. The summed E-state index contributed by atoms with van der Waals surface area (Å²) in [5.74, 6) is 0. The van der Waals surface area contributed by atoms with E-state index in [0.717, 1.165) is 30.1 Å². The summed E-state index contributed by atoms with van der Waals surface area (Å²) in [7, 11) is 0. The highest BCUT2D eigenvalue weighted by molar-refractivity contribution is 6.30. The first-order valence-electron chi connectivity index (χ1n) is 5.85. The molecule has 16 heavy (non-hydrogen) atoms. The van der Waals surface area contributed by atoms with Gasteiger partial charge in [0.1, 0.15) is 0 Å². The van der Waals surface area contributed by atoms with Crippen LogP contribution in [0, 0.1) is 0 Å². The molecule has 0 aliphatic heterocycles. The molecule has 0 saturated heterocycles. The second kappa shape index (κ2) is 7.66. The second-order valence-electron chi connectivity index (χ2n) is 3.70. The molecule has 0 radical (unpaired) electrons. The summed E-state index contributed by atoms with van der Waals surface area (Å²) < 4.78 is 5.71. The Morgan fingerprint density at radius 2 is 2.19 bits per heavy atom. The standard InChI is InChI=1S/C13H20ClNO/c1-3-8-15-10-13(16-4-2)11-6-5-7-12(14)9-11/h5-7,9,13,15H,3-4,8,10H2,1-2H3. The monoisotopic (exact) mass is 241 g/mol. The van der Waals surface area contributed by atoms with Crippen molar-refractivity contribution in [1.82, 2.24) is 5.32 Å². The molecule has 1 rings (SSSR count). The van der Waals surface area contributed by atoms with Crippen LogP contribution in [0.2, 0.25) is 5.02 Å². The maximum Gasteiger partial charge on any atom is 0.0949 e. The van der Waals surface area contributed by atoms with E-state index < -0.39 is 0 Å². The number of hydrogen-bond donors (Lipinski definition) is 1. The zero-order chi connectivity index (χ0) is 11.8. The fourth-order valence-electron chi connectivity index (χ4n) is 1.59. The average molecular weight is 242 g/mol. The molecule has 3 heteroatoms. The molecule has 0 saturated carbocycles. The van der Waals surface area contributed by atoms with Gasteiger partial charge in [-0.25, -0.2) is 0 Å². The van der Waals surface area contributed by atoms with Crippen LogP contribution < -0.4 is 5.32 Å². The predicted octanol–water partition coefficient (Wildman–Crippen LogP) is 3.42. The lowest BCUT2D eigenvalue weighted by Gasteiger charge is -2.18. The molecule has 1 aromatic rings. The van der Waals surface area contributed by atoms with E-state index in [1.807, 2.05) is 25.1 Å². The average Bonchev–Trinajstić information content (AvgIpc) is 2.28. The Hall–Kier alpha value is -0.570. The largest absolute Gasteiger partial charge is 0.372 e. The van der Waals surface area contributed by atoms with E-state index in [-0.39, 0.29) is 6.10 Å². The summed E-state index contributed by atoms with van der Waals surface area (Å²) in [5, 5.41) is 4.13. The molecular weight excluding hydrogens is 222 g/mol. The second-order valence-corrected chi connectivity index (χ2v) is 4.14. The first-order valence-corrected chi connectivity index (χ1v) is 6.23. The Balaban J connectivity index is 2.61. The van der Waals surface area contributed by atoms with E-state index in [2.05, 4.69) is 18.3 Å². The molecule has 0 aliphatic carbocycles. The van der Waals surface area contributed by atoms with Crippen molar-refractivity contribution in [3.8, 4) is 0 Å². The normalized spacial score (nSPS) is 12.7. The lowest BCUT2D eigenvalue weighted by Crippen LogP contribution is -2.24. The topological polar surface area (TPSA) is 21.3 Å². The van der Waals surface area contributed by atoms with Crippen LogP contribution in [0.1, 0.15) is 31.9 Å². The zero-order valence-electron chi connectivity index (χ0n) is 10.0. The van der Waals surface area contributed by atoms with Gasteiger partial charge in [0.15, 0.2) is 0 Å². The first kappa shape index (κ1) is 13.5. The van der Waals surface area contributed by atoms with Gasteiger partial charge in [0.05, 0.1) is 6.10 Å². The van der Waals surface area contributed by atoms with Crippen LogP contribution in [0.3, 0.4) is 0 Å². The number of benzene rings is 1. The van der Waals surface area contributed by atoms with Gasteiger partial charge in [-0.15, -0.1) is 0 Å². The zero-order valence-corrected chi connectivity index (χ0v) is 10.8. The summed E-state index contributed by atoms with van der Waals surface area (Å²) in [6.07, 6.45) is 1.23. The van der Waals surface area contributed by atoms with E-state index in [1.54, 1.807) is 0 Å². The molecule has 0 aliphatic rings. The summed E-state index contributed by atoms with van der Waals surface area (Å²) in [4.78, 5) is 0. The molecule has 1 atom stereocenters. The van der Waals surface area contributed by atoms with Crippen molar-refractivity contribution in [2.24, 2.45) is 0 Å². The number of hydrogen-bond acceptors (Lipinski definition) is 2. The lowest BCUT2D eigenvalue weighted by molar-refractivity contribution is 0.0625. The van der Waals surface area contributed by atoms with E-state index in [9.17, 15) is 0 Å². The molecule has 90 valence electrons. The Bertz CT molecular complexity index is 304. The Morgan fingerprint density at radius 1 is 1.38 bits per heavy atom. The van der Waals surface area contributed by atoms with Gasteiger partial charge in [-0.1, -0.05) is 30.7 Å². The van der Waals surface area contributed by atoms with Gasteiger partial charge in [-0.3, -0.25) is 0 Å². The van der Waals surface area contributed by atoms with Gasteiger partial charge in [-0.2, -0.15) is 0 Å². The lowest BCUT2D eigenvalue weighted by atomic mass is 10.1. The minimum absolute atomic E-state index is 0.0928. The molecule has 0 heterocycles. The van der Waals surface area contributed by atoms with E-state index >= 15 is 0 Å². The van der Waals surface area contributed by atoms with Crippen LogP contribution in [0.25, 0.3) is 0 Å². The van der Waals surface area contributed by atoms with Crippen molar-refractivity contribution in [3.63, 3.8) is 0 Å². The molecule has 0 aromatic heterocycles. The molecule has 0 amide bonds. The highest BCUT2D eigenvalue weighted by Gasteiger charge is 2.10. The van der Waals surface area contributed by atoms with Gasteiger partial charge in [0.25, 0.3) is 0 Å². The third kappa shape index (κ3) is 4.52. The van der Waals surface area contributed by atoms with Crippen LogP contribution in [-0.4, -0.2) is 19.7 Å². The van der Waals surface area contributed by atoms with Crippen molar-refractivity contribution in [2.75, 3.05) is 19.7 Å². The van der Waals surface area contributed by atoms with E-state index in [1.165, 1.54) is 0 Å². The van der Waals surface area contributed by atoms with Gasteiger partial charge in [0.2, 0.25) is 0 Å². The van der Waals surface area contributed by atoms with Crippen molar-refractivity contribution >= 4 is 11.6 Å². The van der Waals surface area contributed by atoms with Crippen molar-refractivity contribution in [2.45, 2.75) is 26.4 Å². The Kier molecular flexibility index (Phi) is 6.46. The maximum atomic E-state index is 5.97. The fraction of sp³-hybridized carbons (Fsp3) is 0.538.